The molecule has 0 atom stereocenters. The minimum atomic E-state index is 0.738. The van der Waals surface area contributed by atoms with Crippen LogP contribution in [0.4, 0.5) is 0 Å². The van der Waals surface area contributed by atoms with Crippen LogP contribution in [0.2, 0.25) is 0 Å². The van der Waals surface area contributed by atoms with Crippen molar-refractivity contribution in [1.29, 1.82) is 5.41 Å². The van der Waals surface area contributed by atoms with E-state index in [0.29, 0.717) is 0 Å². The number of nitrogens with zero attached hydrogens (tertiary/aromatic N) is 2. The van der Waals surface area contributed by atoms with Crippen molar-refractivity contribution >= 4 is 6.01 Å². The van der Waals surface area contributed by atoms with Gasteiger partial charge in [-0.05, 0) is 33.5 Å². The van der Waals surface area contributed by atoms with E-state index in [2.05, 4.69) is 16.5 Å². The van der Waals surface area contributed by atoms with Crippen LogP contribution in [-0.4, -0.2) is 31.5 Å². The van der Waals surface area contributed by atoms with Gasteiger partial charge < -0.3 is 4.90 Å². The molecule has 0 aliphatic heterocycles. The Morgan fingerprint density at radius 2 is 2.27 bits per heavy atom. The molecule has 0 aromatic rings. The molecule has 0 bridgehead atoms. The minimum absolute atomic E-state index is 0.738. The summed E-state index contributed by atoms with van der Waals surface area (Å²) < 4.78 is 0. The van der Waals surface area contributed by atoms with Crippen molar-refractivity contribution in [2.45, 2.75) is 12.8 Å². The van der Waals surface area contributed by atoms with Crippen molar-refractivity contribution in [1.82, 2.24) is 4.90 Å². The van der Waals surface area contributed by atoms with Crippen molar-refractivity contribution in [3.8, 4) is 0 Å². The van der Waals surface area contributed by atoms with Gasteiger partial charge in [-0.3, -0.25) is 0 Å². The summed E-state index contributed by atoms with van der Waals surface area (Å²) in [6.45, 7) is 4.71. The van der Waals surface area contributed by atoms with Crippen LogP contribution in [-0.2, 0) is 0 Å². The summed E-state index contributed by atoms with van der Waals surface area (Å²) in [6.07, 6.45) is 1.89. The van der Waals surface area contributed by atoms with Crippen LogP contribution in [0.15, 0.2) is 17.3 Å². The second kappa shape index (κ2) is 5.83. The van der Waals surface area contributed by atoms with E-state index < -0.39 is 0 Å². The lowest BCUT2D eigenvalue weighted by Gasteiger charge is -2.07. The number of rotatable bonds is 5. The predicted octanol–water partition coefficient (Wildman–Crippen LogP) is 1.59. The molecule has 0 unspecified atom stereocenters. The standard InChI is InChI=1S/C8H15N3/c1-8(10-7-9)5-4-6-11(2)3/h9H,1,4-6H2,2-3H3. The smallest absolute Gasteiger partial charge is 0.0914 e. The van der Waals surface area contributed by atoms with Gasteiger partial charge in [0.05, 0.1) is 6.01 Å². The van der Waals surface area contributed by atoms with Gasteiger partial charge in [0.2, 0.25) is 0 Å². The van der Waals surface area contributed by atoms with Gasteiger partial charge in [-0.15, -0.1) is 0 Å². The lowest BCUT2D eigenvalue weighted by molar-refractivity contribution is 0.400. The Balaban J connectivity index is 3.39. The van der Waals surface area contributed by atoms with Gasteiger partial charge in [0.25, 0.3) is 0 Å². The Hall–Kier alpha value is -0.920. The Morgan fingerprint density at radius 3 is 2.73 bits per heavy atom. The Bertz CT molecular complexity index is 166. The minimum Gasteiger partial charge on any atom is -0.309 e. The number of hydrogen-bond acceptors (Lipinski definition) is 3. The van der Waals surface area contributed by atoms with Crippen LogP contribution in [0.1, 0.15) is 12.8 Å². The molecule has 0 aromatic heterocycles. The van der Waals surface area contributed by atoms with E-state index >= 15 is 0 Å². The number of allylic oxidation sites excluding steroid dienone is 1. The van der Waals surface area contributed by atoms with Crippen molar-refractivity contribution in [3.63, 3.8) is 0 Å². The van der Waals surface area contributed by atoms with Gasteiger partial charge in [0.15, 0.2) is 0 Å². The molecule has 0 radical (unpaired) electrons. The predicted molar refractivity (Wildman–Crippen MR) is 47.1 cm³/mol. The van der Waals surface area contributed by atoms with Gasteiger partial charge >= 0.3 is 0 Å². The summed E-state index contributed by atoms with van der Waals surface area (Å²) in [5, 5.41) is 6.57. The molecular formula is C8H15N3. The van der Waals surface area contributed by atoms with Gasteiger partial charge in [-0.2, -0.15) is 4.99 Å². The highest BCUT2D eigenvalue weighted by atomic mass is 15.0. The third-order valence-electron chi connectivity index (χ3n) is 1.28. The topological polar surface area (TPSA) is 39.5 Å². The molecule has 0 aromatic carbocycles. The number of aliphatic imine (C=N–C) groups is 1. The van der Waals surface area contributed by atoms with Crippen molar-refractivity contribution in [3.05, 3.63) is 12.3 Å². The molecule has 0 aliphatic rings. The average Bonchev–Trinajstić information content (AvgIpc) is 1.87. The highest BCUT2D eigenvalue weighted by molar-refractivity contribution is 5.38. The molecule has 0 spiro atoms. The van der Waals surface area contributed by atoms with E-state index in [1.807, 2.05) is 20.1 Å². The fraction of sp³-hybridized carbons (Fsp3) is 0.625. The van der Waals surface area contributed by atoms with Crippen LogP contribution in [0.5, 0.6) is 0 Å². The summed E-state index contributed by atoms with van der Waals surface area (Å²) in [5.41, 5.74) is 0.738. The molecule has 62 valence electrons. The summed E-state index contributed by atoms with van der Waals surface area (Å²) in [6, 6.07) is 1.97. The maximum Gasteiger partial charge on any atom is 0.0914 e. The second-order valence-corrected chi connectivity index (χ2v) is 2.70. The van der Waals surface area contributed by atoms with Crippen molar-refractivity contribution in [2.24, 2.45) is 4.99 Å². The van der Waals surface area contributed by atoms with E-state index in [9.17, 15) is 0 Å². The maximum atomic E-state index is 6.57. The van der Waals surface area contributed by atoms with Gasteiger partial charge in [-0.1, -0.05) is 6.58 Å². The van der Waals surface area contributed by atoms with Gasteiger partial charge in [-0.25, -0.2) is 5.41 Å². The Labute approximate surface area is 67.9 Å². The molecule has 0 saturated carbocycles. The molecule has 0 fully saturated rings. The van der Waals surface area contributed by atoms with E-state index in [0.717, 1.165) is 25.1 Å². The highest BCUT2D eigenvalue weighted by Gasteiger charge is 1.92. The Morgan fingerprint density at radius 1 is 1.64 bits per heavy atom. The van der Waals surface area contributed by atoms with E-state index in [1.54, 1.807) is 0 Å². The lowest BCUT2D eigenvalue weighted by Crippen LogP contribution is -2.12. The molecule has 0 rings (SSSR count). The fourth-order valence-corrected chi connectivity index (χ4v) is 0.734. The molecule has 0 amide bonds. The van der Waals surface area contributed by atoms with E-state index in [1.165, 1.54) is 0 Å². The number of nitrogens with one attached hydrogen (secondary N) is 1. The first-order valence-corrected chi connectivity index (χ1v) is 3.61. The third kappa shape index (κ3) is 6.97. The van der Waals surface area contributed by atoms with Crippen LogP contribution in [0, 0.1) is 5.41 Å². The van der Waals surface area contributed by atoms with Crippen molar-refractivity contribution < 1.29 is 0 Å². The highest BCUT2D eigenvalue weighted by Crippen LogP contribution is 2.02. The van der Waals surface area contributed by atoms with E-state index in [4.69, 9.17) is 5.41 Å². The average molecular weight is 153 g/mol. The summed E-state index contributed by atoms with van der Waals surface area (Å²) >= 11 is 0. The molecule has 3 nitrogen and oxygen atoms in total. The lowest BCUT2D eigenvalue weighted by atomic mass is 10.2. The Kier molecular flexibility index (Phi) is 5.35. The number of hydrogen-bond donors (Lipinski definition) is 1. The molecule has 0 aliphatic carbocycles. The first-order valence-electron chi connectivity index (χ1n) is 3.61. The maximum absolute atomic E-state index is 6.57. The SMILES string of the molecule is C=C(CCCN(C)C)N=C=N. The summed E-state index contributed by atoms with van der Waals surface area (Å²) in [4.78, 5) is 5.74. The van der Waals surface area contributed by atoms with Crippen LogP contribution < -0.4 is 0 Å². The molecule has 3 heteroatoms. The molecule has 1 N–H and O–H groups in total. The zero-order valence-corrected chi connectivity index (χ0v) is 7.22. The largest absolute Gasteiger partial charge is 0.309 e. The normalized spacial score (nSPS) is 9.36. The van der Waals surface area contributed by atoms with Crippen LogP contribution in [0.25, 0.3) is 0 Å². The monoisotopic (exact) mass is 153 g/mol. The van der Waals surface area contributed by atoms with Crippen LogP contribution >= 0.6 is 0 Å². The zero-order chi connectivity index (χ0) is 8.69. The first kappa shape index (κ1) is 10.1. The van der Waals surface area contributed by atoms with Crippen LogP contribution in [0.3, 0.4) is 0 Å². The molecule has 0 heterocycles. The summed E-state index contributed by atoms with van der Waals surface area (Å²) in [7, 11) is 4.06. The third-order valence-corrected chi connectivity index (χ3v) is 1.28. The van der Waals surface area contributed by atoms with Gasteiger partial charge in [0.1, 0.15) is 0 Å². The first-order chi connectivity index (χ1) is 5.16. The van der Waals surface area contributed by atoms with E-state index in [-0.39, 0.29) is 0 Å². The van der Waals surface area contributed by atoms with Crippen molar-refractivity contribution in [2.75, 3.05) is 20.6 Å². The van der Waals surface area contributed by atoms with Gasteiger partial charge in [0, 0.05) is 5.70 Å². The molecule has 0 saturated heterocycles. The molecular weight excluding hydrogens is 138 g/mol. The quantitative estimate of drug-likeness (QED) is 0.598. The zero-order valence-electron chi connectivity index (χ0n) is 7.22. The molecule has 11 heavy (non-hydrogen) atoms. The fourth-order valence-electron chi connectivity index (χ4n) is 0.734. The second-order valence-electron chi connectivity index (χ2n) is 2.70. The summed E-state index contributed by atoms with van der Waals surface area (Å²) in [5.74, 6) is 0.